The highest BCUT2D eigenvalue weighted by Crippen LogP contribution is 2.56. The second-order valence-electron chi connectivity index (χ2n) is 18.3. The predicted molar refractivity (Wildman–Crippen MR) is 241 cm³/mol. The molecule has 3 saturated carbocycles. The largest absolute Gasteiger partial charge is 0.310 e. The van der Waals surface area contributed by atoms with E-state index in [0.29, 0.717) is 5.92 Å². The monoisotopic (exact) mass is 739 g/mol. The number of fused-ring (bicyclic) bond motifs is 6. The third-order valence-corrected chi connectivity index (χ3v) is 14.7. The molecule has 4 aliphatic carbocycles. The average Bonchev–Trinajstić information content (AvgIpc) is 3.97. The predicted octanol–water partition coefficient (Wildman–Crippen LogP) is 15.9. The zero-order valence-corrected chi connectivity index (χ0v) is 33.6. The Morgan fingerprint density at radius 1 is 0.509 bits per heavy atom. The van der Waals surface area contributed by atoms with E-state index in [1.807, 2.05) is 0 Å². The standard InChI is InChI=1S/C56H53N/c1-56(2)52-20-12-11-19-48(52)55-51(42-25-23-39(24-26-42)38-13-5-3-6-14-38)35-47(36-53(55)56)57(46-29-27-41(28-30-46)49-32-37-21-22-45(49)31-37)54-34-44-18-10-9-17-43(44)33-50(54)40-15-7-4-8-16-40/h3,5-6,9-14,17-20,23-30,33-37,40,45,49H,4,7-8,15-16,21-22,31-32H2,1-2H3. The minimum Gasteiger partial charge on any atom is -0.310 e. The molecule has 0 aliphatic heterocycles. The highest BCUT2D eigenvalue weighted by molar-refractivity contribution is 5.98. The topological polar surface area (TPSA) is 3.24 Å². The van der Waals surface area contributed by atoms with Crippen molar-refractivity contribution < 1.29 is 0 Å². The fraction of sp³-hybridized carbons (Fsp3) is 0.286. The van der Waals surface area contributed by atoms with E-state index >= 15 is 0 Å². The van der Waals surface area contributed by atoms with Gasteiger partial charge in [-0.15, -0.1) is 0 Å². The van der Waals surface area contributed by atoms with Gasteiger partial charge in [-0.2, -0.15) is 0 Å². The fourth-order valence-corrected chi connectivity index (χ4v) is 11.8. The summed E-state index contributed by atoms with van der Waals surface area (Å²) in [5.74, 6) is 3.07. The van der Waals surface area contributed by atoms with Crippen LogP contribution in [0.4, 0.5) is 17.1 Å². The van der Waals surface area contributed by atoms with Crippen LogP contribution in [0.3, 0.4) is 0 Å². The van der Waals surface area contributed by atoms with Crippen molar-refractivity contribution in [2.24, 2.45) is 11.8 Å². The summed E-state index contributed by atoms with van der Waals surface area (Å²) in [6.45, 7) is 4.86. The Morgan fingerprint density at radius 2 is 1.19 bits per heavy atom. The molecular weight excluding hydrogens is 687 g/mol. The Hall–Kier alpha value is -5.40. The zero-order chi connectivity index (χ0) is 38.1. The van der Waals surface area contributed by atoms with Crippen LogP contribution in [0, 0.1) is 11.8 Å². The van der Waals surface area contributed by atoms with E-state index in [2.05, 4.69) is 170 Å². The third kappa shape index (κ3) is 5.96. The molecule has 3 atom stereocenters. The van der Waals surface area contributed by atoms with Gasteiger partial charge in [-0.05, 0) is 159 Å². The number of hydrogen-bond acceptors (Lipinski definition) is 1. The molecular formula is C56H53N. The lowest BCUT2D eigenvalue weighted by atomic mass is 9.81. The first-order valence-electron chi connectivity index (χ1n) is 21.9. The average molecular weight is 740 g/mol. The van der Waals surface area contributed by atoms with E-state index in [1.54, 1.807) is 5.56 Å². The molecule has 2 bridgehead atoms. The highest BCUT2D eigenvalue weighted by Gasteiger charge is 2.41. The van der Waals surface area contributed by atoms with Crippen molar-refractivity contribution in [3.8, 4) is 33.4 Å². The molecule has 0 spiro atoms. The molecule has 57 heavy (non-hydrogen) atoms. The lowest BCUT2D eigenvalue weighted by Gasteiger charge is -2.34. The van der Waals surface area contributed by atoms with Crippen molar-refractivity contribution in [3.63, 3.8) is 0 Å². The van der Waals surface area contributed by atoms with Gasteiger partial charge in [0.25, 0.3) is 0 Å². The van der Waals surface area contributed by atoms with Crippen molar-refractivity contribution in [1.29, 1.82) is 0 Å². The highest BCUT2D eigenvalue weighted by atomic mass is 15.1. The Kier molecular flexibility index (Phi) is 8.50. The fourth-order valence-electron chi connectivity index (χ4n) is 11.8. The summed E-state index contributed by atoms with van der Waals surface area (Å²) in [6.07, 6.45) is 12.1. The lowest BCUT2D eigenvalue weighted by Crippen LogP contribution is -2.18. The number of rotatable bonds is 7. The van der Waals surface area contributed by atoms with E-state index in [1.165, 1.54) is 136 Å². The molecule has 7 aromatic carbocycles. The number of nitrogens with zero attached hydrogens (tertiary/aromatic N) is 1. The normalized spacial score (nSPS) is 20.8. The van der Waals surface area contributed by atoms with Crippen LogP contribution in [0.1, 0.15) is 106 Å². The second kappa shape index (κ2) is 13.9. The molecule has 3 fully saturated rings. The van der Waals surface area contributed by atoms with Gasteiger partial charge in [-0.1, -0.05) is 155 Å². The van der Waals surface area contributed by atoms with Crippen LogP contribution >= 0.6 is 0 Å². The molecule has 0 saturated heterocycles. The van der Waals surface area contributed by atoms with E-state index in [9.17, 15) is 0 Å². The van der Waals surface area contributed by atoms with Gasteiger partial charge in [0.15, 0.2) is 0 Å². The molecule has 0 radical (unpaired) electrons. The Balaban J connectivity index is 1.14. The number of benzene rings is 7. The molecule has 7 aromatic rings. The van der Waals surface area contributed by atoms with Crippen LogP contribution in [0.15, 0.2) is 152 Å². The van der Waals surface area contributed by atoms with Gasteiger partial charge in [0.2, 0.25) is 0 Å². The van der Waals surface area contributed by atoms with Crippen LogP contribution in [0.2, 0.25) is 0 Å². The lowest BCUT2D eigenvalue weighted by molar-refractivity contribution is 0.420. The van der Waals surface area contributed by atoms with Gasteiger partial charge in [0.05, 0.1) is 5.69 Å². The molecule has 1 nitrogen and oxygen atoms in total. The van der Waals surface area contributed by atoms with Crippen molar-refractivity contribution in [3.05, 3.63) is 174 Å². The maximum atomic E-state index is 2.65. The molecule has 3 unspecified atom stereocenters. The van der Waals surface area contributed by atoms with Crippen molar-refractivity contribution in [1.82, 2.24) is 0 Å². The van der Waals surface area contributed by atoms with Crippen LogP contribution < -0.4 is 4.90 Å². The summed E-state index contributed by atoms with van der Waals surface area (Å²) < 4.78 is 0. The SMILES string of the molecule is CC1(C)c2ccccc2-c2c(-c3ccc(-c4ccccc4)cc3)cc(N(c3ccc(C4CC5CCC4C5)cc3)c3cc4ccccc4cc3C3CCCCC3)cc21. The molecule has 0 aromatic heterocycles. The first kappa shape index (κ1) is 34.8. The maximum Gasteiger partial charge on any atom is 0.0502 e. The van der Waals surface area contributed by atoms with E-state index in [0.717, 1.165) is 17.8 Å². The Labute approximate surface area is 339 Å². The summed E-state index contributed by atoms with van der Waals surface area (Å²) in [6, 6.07) is 58.3. The smallest absolute Gasteiger partial charge is 0.0502 e. The molecule has 11 rings (SSSR count). The van der Waals surface area contributed by atoms with Crippen molar-refractivity contribution in [2.75, 3.05) is 4.90 Å². The summed E-state index contributed by atoms with van der Waals surface area (Å²) in [4.78, 5) is 2.65. The summed E-state index contributed by atoms with van der Waals surface area (Å²) >= 11 is 0. The van der Waals surface area contributed by atoms with Crippen molar-refractivity contribution in [2.45, 2.75) is 88.9 Å². The summed E-state index contributed by atoms with van der Waals surface area (Å²) in [7, 11) is 0. The Bertz CT molecular complexity index is 2590. The molecule has 0 N–H and O–H groups in total. The van der Waals surface area contributed by atoms with Crippen LogP contribution in [-0.2, 0) is 5.41 Å². The minimum atomic E-state index is -0.145. The van der Waals surface area contributed by atoms with Crippen LogP contribution in [0.5, 0.6) is 0 Å². The molecule has 1 heteroatoms. The molecule has 282 valence electrons. The summed E-state index contributed by atoms with van der Waals surface area (Å²) in [5.41, 5.74) is 17.4. The van der Waals surface area contributed by atoms with E-state index in [4.69, 9.17) is 0 Å². The first-order chi connectivity index (χ1) is 28.0. The quantitative estimate of drug-likeness (QED) is 0.157. The zero-order valence-electron chi connectivity index (χ0n) is 33.6. The van der Waals surface area contributed by atoms with Gasteiger partial charge < -0.3 is 4.90 Å². The van der Waals surface area contributed by atoms with Crippen LogP contribution in [0.25, 0.3) is 44.2 Å². The molecule has 0 amide bonds. The summed E-state index contributed by atoms with van der Waals surface area (Å²) in [5, 5.41) is 2.65. The number of anilines is 3. The van der Waals surface area contributed by atoms with Gasteiger partial charge in [0, 0.05) is 16.8 Å². The first-order valence-corrected chi connectivity index (χ1v) is 21.9. The number of hydrogen-bond donors (Lipinski definition) is 0. The Morgan fingerprint density at radius 3 is 1.93 bits per heavy atom. The third-order valence-electron chi connectivity index (χ3n) is 14.7. The van der Waals surface area contributed by atoms with Gasteiger partial charge >= 0.3 is 0 Å². The van der Waals surface area contributed by atoms with E-state index < -0.39 is 0 Å². The van der Waals surface area contributed by atoms with Gasteiger partial charge in [-0.3, -0.25) is 0 Å². The minimum absolute atomic E-state index is 0.145. The van der Waals surface area contributed by atoms with Crippen molar-refractivity contribution >= 4 is 27.8 Å². The van der Waals surface area contributed by atoms with Gasteiger partial charge in [-0.25, -0.2) is 0 Å². The molecule has 4 aliphatic rings. The second-order valence-corrected chi connectivity index (χ2v) is 18.3. The van der Waals surface area contributed by atoms with Gasteiger partial charge in [0.1, 0.15) is 0 Å². The molecule has 0 heterocycles. The maximum absolute atomic E-state index is 2.65. The van der Waals surface area contributed by atoms with Crippen LogP contribution in [-0.4, -0.2) is 0 Å². The van der Waals surface area contributed by atoms with E-state index in [-0.39, 0.29) is 5.41 Å².